The summed E-state index contributed by atoms with van der Waals surface area (Å²) < 4.78 is 11.6. The van der Waals surface area contributed by atoms with Crippen molar-refractivity contribution in [1.29, 1.82) is 0 Å². The minimum atomic E-state index is 0.152. The number of ether oxygens (including phenoxy) is 2. The van der Waals surface area contributed by atoms with Gasteiger partial charge in [0.25, 0.3) is 0 Å². The van der Waals surface area contributed by atoms with Crippen molar-refractivity contribution in [2.75, 3.05) is 6.61 Å². The molecule has 1 saturated heterocycles. The number of benzene rings is 1. The highest BCUT2D eigenvalue weighted by molar-refractivity contribution is 5.78. The molecule has 1 amide bonds. The van der Waals surface area contributed by atoms with Crippen LogP contribution in [-0.4, -0.2) is 24.7 Å². The Balaban J connectivity index is 1.84. The highest BCUT2D eigenvalue weighted by atomic mass is 16.5. The largest absolute Gasteiger partial charge is 0.494 e. The maximum Gasteiger partial charge on any atom is 0.220 e. The van der Waals surface area contributed by atoms with Gasteiger partial charge in [-0.2, -0.15) is 0 Å². The molecule has 2 aliphatic heterocycles. The summed E-state index contributed by atoms with van der Waals surface area (Å²) >= 11 is 0. The van der Waals surface area contributed by atoms with E-state index in [2.05, 4.69) is 24.4 Å². The lowest BCUT2D eigenvalue weighted by molar-refractivity contribution is -0.119. The van der Waals surface area contributed by atoms with Crippen LogP contribution in [0.1, 0.15) is 37.8 Å². The minimum Gasteiger partial charge on any atom is -0.494 e. The van der Waals surface area contributed by atoms with Crippen LogP contribution in [-0.2, 0) is 17.6 Å². The van der Waals surface area contributed by atoms with Gasteiger partial charge in [0.1, 0.15) is 17.6 Å². The zero-order chi connectivity index (χ0) is 14.1. The van der Waals surface area contributed by atoms with Crippen LogP contribution >= 0.6 is 0 Å². The molecular formula is C16H21NO3. The summed E-state index contributed by atoms with van der Waals surface area (Å²) in [5.74, 6) is 2.06. The lowest BCUT2D eigenvalue weighted by Crippen LogP contribution is -2.27. The fourth-order valence-corrected chi connectivity index (χ4v) is 3.03. The van der Waals surface area contributed by atoms with E-state index in [1.807, 2.05) is 6.92 Å². The lowest BCUT2D eigenvalue weighted by atomic mass is 10.0. The molecule has 1 N–H and O–H groups in total. The summed E-state index contributed by atoms with van der Waals surface area (Å²) in [6, 6.07) is 4.42. The molecular weight excluding hydrogens is 254 g/mol. The molecule has 3 rings (SSSR count). The molecule has 2 aliphatic rings. The summed E-state index contributed by atoms with van der Waals surface area (Å²) in [4.78, 5) is 11.3. The van der Waals surface area contributed by atoms with Crippen molar-refractivity contribution < 1.29 is 14.3 Å². The Labute approximate surface area is 119 Å². The number of amides is 1. The van der Waals surface area contributed by atoms with Crippen LogP contribution in [0.2, 0.25) is 0 Å². The normalized spacial score (nSPS) is 24.2. The maximum absolute atomic E-state index is 11.3. The fraction of sp³-hybridized carbons (Fsp3) is 0.562. The van der Waals surface area contributed by atoms with E-state index in [0.717, 1.165) is 36.3 Å². The van der Waals surface area contributed by atoms with Crippen molar-refractivity contribution in [2.24, 2.45) is 0 Å². The number of carbonyl (C=O) groups is 1. The van der Waals surface area contributed by atoms with Gasteiger partial charge in [0.05, 0.1) is 6.61 Å². The maximum atomic E-state index is 11.3. The Hall–Kier alpha value is -1.71. The quantitative estimate of drug-likeness (QED) is 0.916. The van der Waals surface area contributed by atoms with E-state index in [-0.39, 0.29) is 18.1 Å². The molecule has 2 unspecified atom stereocenters. The molecule has 1 aromatic carbocycles. The fourth-order valence-electron chi connectivity index (χ4n) is 3.03. The first-order valence-corrected chi connectivity index (χ1v) is 7.40. The minimum absolute atomic E-state index is 0.152. The van der Waals surface area contributed by atoms with Gasteiger partial charge < -0.3 is 14.8 Å². The summed E-state index contributed by atoms with van der Waals surface area (Å²) in [6.07, 6.45) is 3.52. The average Bonchev–Trinajstić information content (AvgIpc) is 2.95. The molecule has 0 bridgehead atoms. The molecule has 4 heteroatoms. The molecule has 0 radical (unpaired) electrons. The molecule has 2 atom stereocenters. The Morgan fingerprint density at radius 3 is 3.00 bits per heavy atom. The van der Waals surface area contributed by atoms with Gasteiger partial charge in [0.2, 0.25) is 5.91 Å². The van der Waals surface area contributed by atoms with E-state index in [0.29, 0.717) is 13.0 Å². The van der Waals surface area contributed by atoms with Gasteiger partial charge >= 0.3 is 0 Å². The SMILES string of the molecule is CCOc1cc2c(cc1CC1CCC(=O)N1)OC(C)C2. The van der Waals surface area contributed by atoms with Crippen LogP contribution in [0.15, 0.2) is 12.1 Å². The van der Waals surface area contributed by atoms with Crippen LogP contribution in [0.25, 0.3) is 0 Å². The Bertz CT molecular complexity index is 527. The van der Waals surface area contributed by atoms with Crippen LogP contribution in [0, 0.1) is 0 Å². The Kier molecular flexibility index (Phi) is 3.55. The molecule has 20 heavy (non-hydrogen) atoms. The van der Waals surface area contributed by atoms with Gasteiger partial charge in [-0.05, 0) is 44.4 Å². The molecule has 0 spiro atoms. The average molecular weight is 275 g/mol. The second-order valence-corrected chi connectivity index (χ2v) is 5.64. The Morgan fingerprint density at radius 2 is 2.30 bits per heavy atom. The van der Waals surface area contributed by atoms with Gasteiger partial charge in [-0.1, -0.05) is 0 Å². The number of hydrogen-bond donors (Lipinski definition) is 1. The van der Waals surface area contributed by atoms with E-state index in [1.54, 1.807) is 0 Å². The van der Waals surface area contributed by atoms with Crippen molar-refractivity contribution >= 4 is 5.91 Å². The lowest BCUT2D eigenvalue weighted by Gasteiger charge is -2.15. The summed E-state index contributed by atoms with van der Waals surface area (Å²) in [6.45, 7) is 4.73. The van der Waals surface area contributed by atoms with Gasteiger partial charge in [-0.25, -0.2) is 0 Å². The topological polar surface area (TPSA) is 47.6 Å². The first-order chi connectivity index (χ1) is 9.65. The molecule has 108 valence electrons. The predicted octanol–water partition coefficient (Wildman–Crippen LogP) is 2.23. The van der Waals surface area contributed by atoms with Gasteiger partial charge in [0, 0.05) is 24.4 Å². The van der Waals surface area contributed by atoms with Crippen molar-refractivity contribution in [3.05, 3.63) is 23.3 Å². The third kappa shape index (κ3) is 2.60. The van der Waals surface area contributed by atoms with Crippen LogP contribution < -0.4 is 14.8 Å². The van der Waals surface area contributed by atoms with Crippen molar-refractivity contribution in [3.63, 3.8) is 0 Å². The highest BCUT2D eigenvalue weighted by Gasteiger charge is 2.25. The summed E-state index contributed by atoms with van der Waals surface area (Å²) in [5.41, 5.74) is 2.35. The molecule has 1 fully saturated rings. The summed E-state index contributed by atoms with van der Waals surface area (Å²) in [7, 11) is 0. The standard InChI is InChI=1S/C16H21NO3/c1-3-19-14-8-11-6-10(2)20-15(11)9-12(14)7-13-4-5-16(18)17-13/h8-10,13H,3-7H2,1-2H3,(H,17,18). The van der Waals surface area contributed by atoms with Gasteiger partial charge in [0.15, 0.2) is 0 Å². The monoisotopic (exact) mass is 275 g/mol. The number of rotatable bonds is 4. The first-order valence-electron chi connectivity index (χ1n) is 7.40. The smallest absolute Gasteiger partial charge is 0.220 e. The second-order valence-electron chi connectivity index (χ2n) is 5.64. The van der Waals surface area contributed by atoms with E-state index < -0.39 is 0 Å². The van der Waals surface area contributed by atoms with E-state index in [9.17, 15) is 4.79 Å². The number of hydrogen-bond acceptors (Lipinski definition) is 3. The van der Waals surface area contributed by atoms with E-state index >= 15 is 0 Å². The number of nitrogens with one attached hydrogen (secondary N) is 1. The summed E-state index contributed by atoms with van der Waals surface area (Å²) in [5, 5.41) is 3.01. The molecule has 1 aromatic rings. The van der Waals surface area contributed by atoms with Gasteiger partial charge in [-0.15, -0.1) is 0 Å². The first kappa shape index (κ1) is 13.3. The number of carbonyl (C=O) groups excluding carboxylic acids is 1. The highest BCUT2D eigenvalue weighted by Crippen LogP contribution is 2.36. The van der Waals surface area contributed by atoms with E-state index in [1.165, 1.54) is 5.56 Å². The van der Waals surface area contributed by atoms with Gasteiger partial charge in [-0.3, -0.25) is 4.79 Å². The number of fused-ring (bicyclic) bond motifs is 1. The van der Waals surface area contributed by atoms with Crippen molar-refractivity contribution in [1.82, 2.24) is 5.32 Å². The van der Waals surface area contributed by atoms with Crippen molar-refractivity contribution in [2.45, 2.75) is 51.7 Å². The Morgan fingerprint density at radius 1 is 1.45 bits per heavy atom. The van der Waals surface area contributed by atoms with Crippen LogP contribution in [0.4, 0.5) is 0 Å². The molecule has 0 aliphatic carbocycles. The molecule has 4 nitrogen and oxygen atoms in total. The zero-order valence-corrected chi connectivity index (χ0v) is 12.1. The molecule has 0 aromatic heterocycles. The third-order valence-corrected chi connectivity index (χ3v) is 3.93. The zero-order valence-electron chi connectivity index (χ0n) is 12.1. The molecule has 2 heterocycles. The third-order valence-electron chi connectivity index (χ3n) is 3.93. The predicted molar refractivity (Wildman–Crippen MR) is 76.3 cm³/mol. The van der Waals surface area contributed by atoms with Crippen LogP contribution in [0.5, 0.6) is 11.5 Å². The molecule has 0 saturated carbocycles. The second kappa shape index (κ2) is 5.35. The van der Waals surface area contributed by atoms with Crippen molar-refractivity contribution in [3.8, 4) is 11.5 Å². The van der Waals surface area contributed by atoms with E-state index in [4.69, 9.17) is 9.47 Å². The van der Waals surface area contributed by atoms with Crippen LogP contribution in [0.3, 0.4) is 0 Å².